The molecule has 3 aliphatic carbocycles. The van der Waals surface area contributed by atoms with Crippen LogP contribution in [0.25, 0.3) is 71.6 Å². The summed E-state index contributed by atoms with van der Waals surface area (Å²) in [5.74, 6) is 0.301. The molecule has 1 aliphatic heterocycles. The van der Waals surface area contributed by atoms with Crippen molar-refractivity contribution in [2.24, 2.45) is 0 Å². The van der Waals surface area contributed by atoms with Crippen molar-refractivity contribution < 1.29 is 0 Å². The largest absolute Gasteiger partial charge is 0.333 e. The molecule has 3 unspecified atom stereocenters. The molecule has 2 heteroatoms. The molecule has 3 atom stereocenters. The van der Waals surface area contributed by atoms with Crippen LogP contribution in [0.4, 0.5) is 11.4 Å². The van der Waals surface area contributed by atoms with E-state index in [1.807, 2.05) is 0 Å². The van der Waals surface area contributed by atoms with Crippen LogP contribution < -0.4 is 4.90 Å². The van der Waals surface area contributed by atoms with Gasteiger partial charge in [0.15, 0.2) is 0 Å². The summed E-state index contributed by atoms with van der Waals surface area (Å²) in [6.07, 6.45) is 9.13. The van der Waals surface area contributed by atoms with E-state index in [9.17, 15) is 0 Å². The topological polar surface area (TPSA) is 8.17 Å². The lowest BCUT2D eigenvalue weighted by molar-refractivity contribution is 0.745. The number of para-hydroxylation sites is 2. The summed E-state index contributed by atoms with van der Waals surface area (Å²) in [4.78, 5) is 2.51. The highest BCUT2D eigenvalue weighted by molar-refractivity contribution is 6.12. The second-order valence-electron chi connectivity index (χ2n) is 17.1. The summed E-state index contributed by atoms with van der Waals surface area (Å²) < 4.78 is 2.54. The van der Waals surface area contributed by atoms with Crippen LogP contribution in [0.2, 0.25) is 0 Å². The fourth-order valence-electron chi connectivity index (χ4n) is 11.9. The number of aromatic nitrogens is 1. The maximum absolute atomic E-state index is 2.54. The average molecular weight is 775 g/mol. The quantitative estimate of drug-likeness (QED) is 0.174. The van der Waals surface area contributed by atoms with E-state index < -0.39 is 5.41 Å². The lowest BCUT2D eigenvalue weighted by atomic mass is 9.70. The molecule has 2 heterocycles. The number of nitrogens with zero attached hydrogens (tertiary/aromatic N) is 2. The van der Waals surface area contributed by atoms with Crippen LogP contribution in [0.15, 0.2) is 218 Å². The maximum atomic E-state index is 2.54. The van der Waals surface area contributed by atoms with Crippen molar-refractivity contribution in [1.29, 1.82) is 0 Å². The molecular formula is C59H38N2. The molecule has 284 valence electrons. The Bertz CT molecular complexity index is 3570. The van der Waals surface area contributed by atoms with Crippen LogP contribution in [0.1, 0.15) is 33.7 Å². The van der Waals surface area contributed by atoms with Gasteiger partial charge in [-0.05, 0) is 115 Å². The van der Waals surface area contributed by atoms with E-state index in [0.717, 1.165) is 0 Å². The molecule has 0 amide bonds. The first kappa shape index (κ1) is 33.2. The molecule has 0 radical (unpaired) electrons. The Hall–Kier alpha value is -7.68. The van der Waals surface area contributed by atoms with Gasteiger partial charge in [0.1, 0.15) is 0 Å². The Morgan fingerprint density at radius 3 is 1.93 bits per heavy atom. The number of fused-ring (bicyclic) bond motifs is 18. The minimum absolute atomic E-state index is 0.264. The van der Waals surface area contributed by atoms with Crippen molar-refractivity contribution in [3.8, 4) is 39.1 Å². The van der Waals surface area contributed by atoms with Gasteiger partial charge in [-0.25, -0.2) is 0 Å². The number of benzene rings is 9. The minimum Gasteiger partial charge on any atom is -0.333 e. The predicted octanol–water partition coefficient (Wildman–Crippen LogP) is 14.7. The molecule has 10 aromatic rings. The van der Waals surface area contributed by atoms with Crippen molar-refractivity contribution in [1.82, 2.24) is 4.57 Å². The van der Waals surface area contributed by atoms with Gasteiger partial charge in [0.05, 0.1) is 28.2 Å². The molecular weight excluding hydrogens is 737 g/mol. The molecule has 0 fully saturated rings. The van der Waals surface area contributed by atoms with E-state index in [4.69, 9.17) is 0 Å². The molecule has 9 aromatic carbocycles. The molecule has 0 saturated carbocycles. The lowest BCUT2D eigenvalue weighted by Crippen LogP contribution is -2.28. The van der Waals surface area contributed by atoms with Crippen molar-refractivity contribution in [2.45, 2.75) is 17.4 Å². The van der Waals surface area contributed by atoms with Crippen LogP contribution >= 0.6 is 0 Å². The number of anilines is 2. The molecule has 0 saturated heterocycles. The van der Waals surface area contributed by atoms with E-state index in [0.29, 0.717) is 5.92 Å². The predicted molar refractivity (Wildman–Crippen MR) is 253 cm³/mol. The standard InChI is InChI=1S/C59H38N2/c1-2-16-40(17-3-1)60-52-26-12-8-19-42(52)46-35-38(30-33-54(46)60)39-31-34-55-47(36-39)43-20-9-13-27-53(43)61(55)56-28-14-25-50-58(56)45-22-7-11-24-49(45)59(50)48-23-10-6-21-44(48)57-41-18-5-4-15-37(41)29-32-51(57)59/h1-36,42,52H. The second kappa shape index (κ2) is 12.2. The third-order valence-corrected chi connectivity index (χ3v) is 14.3. The summed E-state index contributed by atoms with van der Waals surface area (Å²) in [6, 6.07) is 73.3. The molecule has 1 aromatic heterocycles. The fraction of sp³-hybridized carbons (Fsp3) is 0.0508. The van der Waals surface area contributed by atoms with Gasteiger partial charge in [0, 0.05) is 33.6 Å². The highest BCUT2D eigenvalue weighted by atomic mass is 15.2. The molecule has 0 bridgehead atoms. The van der Waals surface area contributed by atoms with Crippen molar-refractivity contribution in [3.05, 3.63) is 246 Å². The first-order valence-electron chi connectivity index (χ1n) is 21.5. The Kier molecular flexibility index (Phi) is 6.63. The first-order chi connectivity index (χ1) is 30.3. The number of hydrogen-bond donors (Lipinski definition) is 0. The third kappa shape index (κ3) is 4.26. The highest BCUT2D eigenvalue weighted by Crippen LogP contribution is 2.64. The van der Waals surface area contributed by atoms with Gasteiger partial charge in [-0.1, -0.05) is 170 Å². The van der Waals surface area contributed by atoms with Gasteiger partial charge < -0.3 is 9.47 Å². The van der Waals surface area contributed by atoms with Crippen LogP contribution in [-0.4, -0.2) is 10.6 Å². The SMILES string of the molecule is C1=CC2c3cc(-c4ccc5c(c4)c4ccccc4n5-c4cccc5c4-c4ccccc4C54c5ccccc5-c5c4ccc4ccccc54)ccc3N(c3ccccc3)C2C=C1. The summed E-state index contributed by atoms with van der Waals surface area (Å²) in [5, 5.41) is 5.12. The van der Waals surface area contributed by atoms with Crippen LogP contribution in [-0.2, 0) is 5.41 Å². The maximum Gasteiger partial charge on any atom is 0.0726 e. The van der Waals surface area contributed by atoms with Crippen molar-refractivity contribution >= 4 is 44.0 Å². The van der Waals surface area contributed by atoms with Gasteiger partial charge in [-0.15, -0.1) is 0 Å². The molecule has 14 rings (SSSR count). The summed E-state index contributed by atoms with van der Waals surface area (Å²) in [5.41, 5.74) is 20.3. The number of rotatable bonds is 3. The number of hydrogen-bond acceptors (Lipinski definition) is 1. The summed E-state index contributed by atoms with van der Waals surface area (Å²) in [6.45, 7) is 0. The van der Waals surface area contributed by atoms with E-state index >= 15 is 0 Å². The zero-order valence-electron chi connectivity index (χ0n) is 33.3. The van der Waals surface area contributed by atoms with Gasteiger partial charge in [-0.3, -0.25) is 0 Å². The van der Waals surface area contributed by atoms with Crippen molar-refractivity contribution in [2.75, 3.05) is 4.90 Å². The zero-order valence-corrected chi connectivity index (χ0v) is 33.3. The summed E-state index contributed by atoms with van der Waals surface area (Å²) in [7, 11) is 0. The average Bonchev–Trinajstić information content (AvgIpc) is 4.03. The van der Waals surface area contributed by atoms with Gasteiger partial charge >= 0.3 is 0 Å². The van der Waals surface area contributed by atoms with Crippen molar-refractivity contribution in [3.63, 3.8) is 0 Å². The minimum atomic E-state index is -0.435. The first-order valence-corrected chi connectivity index (χ1v) is 21.5. The van der Waals surface area contributed by atoms with Crippen LogP contribution in [0.3, 0.4) is 0 Å². The molecule has 1 spiro atoms. The molecule has 0 N–H and O–H groups in total. The molecule has 4 aliphatic rings. The monoisotopic (exact) mass is 774 g/mol. The zero-order chi connectivity index (χ0) is 39.8. The number of allylic oxidation sites excluding steroid dienone is 2. The van der Waals surface area contributed by atoms with E-state index in [2.05, 4.69) is 228 Å². The second-order valence-corrected chi connectivity index (χ2v) is 17.1. The molecule has 61 heavy (non-hydrogen) atoms. The lowest BCUT2D eigenvalue weighted by Gasteiger charge is -2.30. The van der Waals surface area contributed by atoms with Gasteiger partial charge in [0.2, 0.25) is 0 Å². The van der Waals surface area contributed by atoms with E-state index in [-0.39, 0.29) is 6.04 Å². The Balaban J connectivity index is 0.979. The normalized spacial score (nSPS) is 18.7. The van der Waals surface area contributed by atoms with Gasteiger partial charge in [0.25, 0.3) is 0 Å². The fourth-order valence-corrected chi connectivity index (χ4v) is 11.9. The summed E-state index contributed by atoms with van der Waals surface area (Å²) >= 11 is 0. The smallest absolute Gasteiger partial charge is 0.0726 e. The van der Waals surface area contributed by atoms with E-state index in [1.54, 1.807) is 0 Å². The van der Waals surface area contributed by atoms with Gasteiger partial charge in [-0.2, -0.15) is 0 Å². The van der Waals surface area contributed by atoms with Crippen LogP contribution in [0.5, 0.6) is 0 Å². The Morgan fingerprint density at radius 1 is 0.410 bits per heavy atom. The van der Waals surface area contributed by atoms with E-state index in [1.165, 1.54) is 111 Å². The highest BCUT2D eigenvalue weighted by Gasteiger charge is 2.52. The third-order valence-electron chi connectivity index (χ3n) is 14.3. The van der Waals surface area contributed by atoms with Crippen LogP contribution in [0, 0.1) is 0 Å². The molecule has 2 nitrogen and oxygen atoms in total. The Labute approximate surface area is 354 Å². The Morgan fingerprint density at radius 2 is 1.07 bits per heavy atom.